The highest BCUT2D eigenvalue weighted by Gasteiger charge is 2.33. The highest BCUT2D eigenvalue weighted by atomic mass is 16.4. The number of carboxylic acids is 1. The number of carboxylic acid groups (broad SMARTS) is 1. The van der Waals surface area contributed by atoms with Crippen molar-refractivity contribution in [1.29, 1.82) is 0 Å². The Morgan fingerprint density at radius 3 is 2.29 bits per heavy atom. The fraction of sp³-hybridized carbons (Fsp3) is 0.800. The molecular weight excluding hydrogens is 92.1 g/mol. The number of aliphatic carboxylic acids is 1. The minimum Gasteiger partial charge on any atom is -0.550 e. The quantitative estimate of drug-likeness (QED) is 0.440. The lowest BCUT2D eigenvalue weighted by atomic mass is 10.3. The van der Waals surface area contributed by atoms with Gasteiger partial charge in [-0.05, 0) is 12.3 Å². The van der Waals surface area contributed by atoms with Crippen LogP contribution in [0.4, 0.5) is 0 Å². The molecule has 1 rings (SSSR count). The zero-order valence-corrected chi connectivity index (χ0v) is 4.18. The normalized spacial score (nSPS) is 37.9. The molecule has 7 heavy (non-hydrogen) atoms. The average Bonchev–Trinajstić information content (AvgIpc) is 2.17. The van der Waals surface area contributed by atoms with Gasteiger partial charge >= 0.3 is 0 Å². The molecule has 0 spiro atoms. The molecule has 0 aromatic rings. The van der Waals surface area contributed by atoms with E-state index in [-0.39, 0.29) is 5.92 Å². The van der Waals surface area contributed by atoms with Crippen molar-refractivity contribution >= 4 is 5.97 Å². The molecule has 0 N–H and O–H groups in total. The number of carbonyl (C=O) groups is 1. The van der Waals surface area contributed by atoms with Crippen LogP contribution in [-0.4, -0.2) is 5.97 Å². The summed E-state index contributed by atoms with van der Waals surface area (Å²) in [6, 6.07) is 0. The van der Waals surface area contributed by atoms with Crippen molar-refractivity contribution in [2.75, 3.05) is 0 Å². The van der Waals surface area contributed by atoms with Crippen molar-refractivity contribution < 1.29 is 9.90 Å². The van der Waals surface area contributed by atoms with Crippen molar-refractivity contribution in [3.63, 3.8) is 0 Å². The van der Waals surface area contributed by atoms with Crippen molar-refractivity contribution in [1.82, 2.24) is 0 Å². The fourth-order valence-electron chi connectivity index (χ4n) is 0.651. The van der Waals surface area contributed by atoms with Crippen LogP contribution in [0.5, 0.6) is 0 Å². The summed E-state index contributed by atoms with van der Waals surface area (Å²) in [5, 5.41) is 9.86. The number of hydrogen-bond acceptors (Lipinski definition) is 2. The summed E-state index contributed by atoms with van der Waals surface area (Å²) in [6.45, 7) is 1.92. The van der Waals surface area contributed by atoms with E-state index in [9.17, 15) is 9.90 Å². The highest BCUT2D eigenvalue weighted by molar-refractivity contribution is 5.70. The van der Waals surface area contributed by atoms with E-state index in [1.54, 1.807) is 0 Å². The van der Waals surface area contributed by atoms with E-state index in [0.717, 1.165) is 6.42 Å². The molecular formula is C5H7O2-. The van der Waals surface area contributed by atoms with E-state index in [4.69, 9.17) is 0 Å². The number of hydrogen-bond donors (Lipinski definition) is 0. The van der Waals surface area contributed by atoms with Crippen LogP contribution in [0.2, 0.25) is 0 Å². The molecule has 0 aromatic carbocycles. The van der Waals surface area contributed by atoms with Gasteiger partial charge in [0.15, 0.2) is 0 Å². The van der Waals surface area contributed by atoms with Gasteiger partial charge in [0.05, 0.1) is 0 Å². The Labute approximate surface area is 42.1 Å². The lowest BCUT2D eigenvalue weighted by molar-refractivity contribution is -0.308. The predicted molar refractivity (Wildman–Crippen MR) is 22.3 cm³/mol. The standard InChI is InChI=1S/C5H8O2/c1-3-2-4(3)5(6)7/h3-4H,2H2,1H3,(H,6,7)/p-1/t3-,4-/m1/s1. The Hall–Kier alpha value is -0.530. The zero-order valence-electron chi connectivity index (χ0n) is 4.18. The van der Waals surface area contributed by atoms with Gasteiger partial charge < -0.3 is 9.90 Å². The number of carbonyl (C=O) groups excluding carboxylic acids is 1. The molecule has 0 aromatic heterocycles. The first kappa shape index (κ1) is 4.62. The lowest BCUT2D eigenvalue weighted by Crippen LogP contribution is -2.24. The maximum absolute atomic E-state index is 9.86. The topological polar surface area (TPSA) is 40.1 Å². The molecule has 1 fully saturated rings. The van der Waals surface area contributed by atoms with E-state index in [1.807, 2.05) is 6.92 Å². The van der Waals surface area contributed by atoms with Gasteiger partial charge in [0.1, 0.15) is 0 Å². The number of rotatable bonds is 1. The molecule has 0 heterocycles. The van der Waals surface area contributed by atoms with E-state index >= 15 is 0 Å². The smallest absolute Gasteiger partial charge is 0.0448 e. The van der Waals surface area contributed by atoms with Crippen molar-refractivity contribution in [2.45, 2.75) is 13.3 Å². The van der Waals surface area contributed by atoms with Crippen LogP contribution >= 0.6 is 0 Å². The molecule has 0 amide bonds. The summed E-state index contributed by atoms with van der Waals surface area (Å²) in [7, 11) is 0. The maximum Gasteiger partial charge on any atom is 0.0448 e. The Balaban J connectivity index is 2.33. The van der Waals surface area contributed by atoms with Gasteiger partial charge in [0.2, 0.25) is 0 Å². The second-order valence-corrected chi connectivity index (χ2v) is 2.14. The van der Waals surface area contributed by atoms with Crippen LogP contribution in [0.3, 0.4) is 0 Å². The molecule has 0 aliphatic heterocycles. The Bertz CT molecular complexity index is 98.3. The summed E-state index contributed by atoms with van der Waals surface area (Å²) in [5.41, 5.74) is 0. The Morgan fingerprint density at radius 1 is 1.86 bits per heavy atom. The zero-order chi connectivity index (χ0) is 5.44. The van der Waals surface area contributed by atoms with Crippen LogP contribution in [0, 0.1) is 11.8 Å². The molecule has 1 saturated carbocycles. The molecule has 1 aliphatic rings. The van der Waals surface area contributed by atoms with E-state index in [2.05, 4.69) is 0 Å². The van der Waals surface area contributed by atoms with Gasteiger partial charge in [0, 0.05) is 11.9 Å². The van der Waals surface area contributed by atoms with E-state index in [1.165, 1.54) is 0 Å². The third-order valence-electron chi connectivity index (χ3n) is 1.41. The molecule has 0 radical (unpaired) electrons. The van der Waals surface area contributed by atoms with Crippen LogP contribution < -0.4 is 5.11 Å². The second-order valence-electron chi connectivity index (χ2n) is 2.14. The fourth-order valence-corrected chi connectivity index (χ4v) is 0.651. The van der Waals surface area contributed by atoms with Gasteiger partial charge in [-0.2, -0.15) is 0 Å². The van der Waals surface area contributed by atoms with Crippen molar-refractivity contribution in [3.05, 3.63) is 0 Å². The summed E-state index contributed by atoms with van der Waals surface area (Å²) in [6.07, 6.45) is 0.822. The molecule has 40 valence electrons. The van der Waals surface area contributed by atoms with Gasteiger partial charge in [-0.3, -0.25) is 0 Å². The summed E-state index contributed by atoms with van der Waals surface area (Å²) < 4.78 is 0. The molecule has 0 saturated heterocycles. The first-order chi connectivity index (χ1) is 3.22. The van der Waals surface area contributed by atoms with Crippen molar-refractivity contribution in [2.24, 2.45) is 11.8 Å². The van der Waals surface area contributed by atoms with Gasteiger partial charge in [-0.15, -0.1) is 0 Å². The maximum atomic E-state index is 9.86. The predicted octanol–water partition coefficient (Wildman–Crippen LogP) is -0.608. The third kappa shape index (κ3) is 0.734. The van der Waals surface area contributed by atoms with Gasteiger partial charge in [0.25, 0.3) is 0 Å². The summed E-state index contributed by atoms with van der Waals surface area (Å²) in [4.78, 5) is 9.86. The molecule has 2 nitrogen and oxygen atoms in total. The molecule has 2 heteroatoms. The van der Waals surface area contributed by atoms with E-state index in [0.29, 0.717) is 5.92 Å². The highest BCUT2D eigenvalue weighted by Crippen LogP contribution is 2.36. The molecule has 1 aliphatic carbocycles. The van der Waals surface area contributed by atoms with Crippen LogP contribution in [-0.2, 0) is 4.79 Å². The van der Waals surface area contributed by atoms with Crippen molar-refractivity contribution in [3.8, 4) is 0 Å². The first-order valence-electron chi connectivity index (χ1n) is 2.42. The lowest BCUT2D eigenvalue weighted by Gasteiger charge is -1.93. The Morgan fingerprint density at radius 2 is 2.29 bits per heavy atom. The van der Waals surface area contributed by atoms with Crippen LogP contribution in [0.25, 0.3) is 0 Å². The summed E-state index contributed by atoms with van der Waals surface area (Å²) >= 11 is 0. The third-order valence-corrected chi connectivity index (χ3v) is 1.41. The van der Waals surface area contributed by atoms with E-state index < -0.39 is 5.97 Å². The molecule has 0 bridgehead atoms. The SMILES string of the molecule is C[C@@H]1C[C@H]1C(=O)[O-]. The van der Waals surface area contributed by atoms with Crippen LogP contribution in [0.15, 0.2) is 0 Å². The monoisotopic (exact) mass is 99.0 g/mol. The minimum absolute atomic E-state index is 0.125. The first-order valence-corrected chi connectivity index (χ1v) is 2.42. The largest absolute Gasteiger partial charge is 0.550 e. The second kappa shape index (κ2) is 1.22. The molecule has 0 unspecified atom stereocenters. The minimum atomic E-state index is -0.882. The van der Waals surface area contributed by atoms with Gasteiger partial charge in [-0.1, -0.05) is 6.92 Å². The summed E-state index contributed by atoms with van der Waals surface area (Å²) in [5.74, 6) is -0.627. The average molecular weight is 99.1 g/mol. The van der Waals surface area contributed by atoms with Crippen LogP contribution in [0.1, 0.15) is 13.3 Å². The molecule has 2 atom stereocenters. The Kier molecular flexibility index (Phi) is 0.805. The van der Waals surface area contributed by atoms with Gasteiger partial charge in [-0.25, -0.2) is 0 Å².